The largest absolute Gasteiger partial charge is 0.368 e. The molecule has 3 rings (SSSR count). The fourth-order valence-electron chi connectivity index (χ4n) is 2.83. The van der Waals surface area contributed by atoms with E-state index in [0.29, 0.717) is 0 Å². The molecule has 2 aromatic carbocycles. The van der Waals surface area contributed by atoms with E-state index in [4.69, 9.17) is 0 Å². The van der Waals surface area contributed by atoms with Crippen LogP contribution < -0.4 is 4.90 Å². The van der Waals surface area contributed by atoms with Crippen LogP contribution in [0.2, 0.25) is 0 Å². The molecule has 4 heteroatoms. The van der Waals surface area contributed by atoms with Gasteiger partial charge in [-0.25, -0.2) is 0 Å². The first-order valence-corrected chi connectivity index (χ1v) is 8.18. The Morgan fingerprint density at radius 2 is 1.52 bits per heavy atom. The zero-order valence-electron chi connectivity index (χ0n) is 14.2. The molecule has 1 saturated heterocycles. The molecule has 0 radical (unpaired) electrons. The van der Waals surface area contributed by atoms with Gasteiger partial charge in [-0.2, -0.15) is 0 Å². The summed E-state index contributed by atoms with van der Waals surface area (Å²) >= 11 is 0. The van der Waals surface area contributed by atoms with E-state index in [-0.39, 0.29) is 0 Å². The molecule has 1 aliphatic rings. The third-order valence-electron chi connectivity index (χ3n) is 4.49. The molecule has 1 heterocycles. The summed E-state index contributed by atoms with van der Waals surface area (Å²) in [5, 5.41) is 10.8. The highest BCUT2D eigenvalue weighted by Crippen LogP contribution is 2.24. The fraction of sp³-hybridized carbons (Fsp3) is 0.368. The van der Waals surface area contributed by atoms with Gasteiger partial charge in [-0.3, -0.25) is 5.01 Å². The molecule has 1 fully saturated rings. The van der Waals surface area contributed by atoms with Crippen molar-refractivity contribution in [1.29, 1.82) is 0 Å². The highest BCUT2D eigenvalue weighted by Gasteiger charge is 2.17. The van der Waals surface area contributed by atoms with E-state index in [1.807, 2.05) is 12.1 Å². The summed E-state index contributed by atoms with van der Waals surface area (Å²) < 4.78 is 0. The summed E-state index contributed by atoms with van der Waals surface area (Å²) in [7, 11) is 0. The van der Waals surface area contributed by atoms with Gasteiger partial charge in [0.15, 0.2) is 0 Å². The summed E-state index contributed by atoms with van der Waals surface area (Å²) in [5.41, 5.74) is 6.23. The van der Waals surface area contributed by atoms with Gasteiger partial charge in [-0.1, -0.05) is 35.1 Å². The molecule has 0 unspecified atom stereocenters. The van der Waals surface area contributed by atoms with Gasteiger partial charge < -0.3 is 4.90 Å². The molecule has 4 nitrogen and oxygen atoms in total. The lowest BCUT2D eigenvalue weighted by Crippen LogP contribution is -2.44. The van der Waals surface area contributed by atoms with Crippen LogP contribution in [0.5, 0.6) is 0 Å². The number of hydrogen-bond acceptors (Lipinski definition) is 3. The Bertz CT molecular complexity index is 683. The van der Waals surface area contributed by atoms with Crippen molar-refractivity contribution in [3.63, 3.8) is 0 Å². The molecule has 23 heavy (non-hydrogen) atoms. The first kappa shape index (κ1) is 15.5. The molecule has 0 amide bonds. The van der Waals surface area contributed by atoms with Gasteiger partial charge in [0.25, 0.3) is 0 Å². The Kier molecular flexibility index (Phi) is 4.60. The minimum absolute atomic E-state index is 0.905. The minimum Gasteiger partial charge on any atom is -0.368 e. The summed E-state index contributed by atoms with van der Waals surface area (Å²) in [6.07, 6.45) is 0. The second-order valence-corrected chi connectivity index (χ2v) is 6.18. The standard InChI is InChI=1S/C19H24N4/c1-15-7-9-18(10-8-15)20-21-23-13-11-22(12-14-23)19-6-4-5-16(2)17(19)3/h4-10H,11-14H2,1-3H3/b21-20+. The van der Waals surface area contributed by atoms with Crippen molar-refractivity contribution in [3.05, 3.63) is 59.2 Å². The van der Waals surface area contributed by atoms with Crippen LogP contribution >= 0.6 is 0 Å². The topological polar surface area (TPSA) is 31.2 Å². The van der Waals surface area contributed by atoms with Gasteiger partial charge in [0.2, 0.25) is 0 Å². The summed E-state index contributed by atoms with van der Waals surface area (Å²) in [4.78, 5) is 2.44. The van der Waals surface area contributed by atoms with Gasteiger partial charge in [0.05, 0.1) is 18.8 Å². The van der Waals surface area contributed by atoms with Crippen LogP contribution in [0.15, 0.2) is 52.8 Å². The highest BCUT2D eigenvalue weighted by atomic mass is 15.6. The molecular weight excluding hydrogens is 284 g/mol. The number of nitrogens with zero attached hydrogens (tertiary/aromatic N) is 4. The van der Waals surface area contributed by atoms with Crippen LogP contribution in [-0.2, 0) is 0 Å². The number of aryl methyl sites for hydroxylation is 2. The van der Waals surface area contributed by atoms with Crippen molar-refractivity contribution in [2.24, 2.45) is 10.3 Å². The van der Waals surface area contributed by atoms with Gasteiger partial charge in [0.1, 0.15) is 0 Å². The van der Waals surface area contributed by atoms with Crippen LogP contribution in [-0.4, -0.2) is 31.2 Å². The third kappa shape index (κ3) is 3.70. The van der Waals surface area contributed by atoms with E-state index in [9.17, 15) is 0 Å². The van der Waals surface area contributed by atoms with Crippen LogP contribution in [0.25, 0.3) is 0 Å². The van der Waals surface area contributed by atoms with Gasteiger partial charge in [-0.05, 0) is 50.1 Å². The summed E-state index contributed by atoms with van der Waals surface area (Å²) in [6, 6.07) is 14.7. The first-order chi connectivity index (χ1) is 11.1. The molecule has 120 valence electrons. The lowest BCUT2D eigenvalue weighted by molar-refractivity contribution is 0.254. The second kappa shape index (κ2) is 6.82. The van der Waals surface area contributed by atoms with E-state index < -0.39 is 0 Å². The maximum atomic E-state index is 4.38. The average molecular weight is 308 g/mol. The van der Waals surface area contributed by atoms with Gasteiger partial charge in [0, 0.05) is 18.8 Å². The third-order valence-corrected chi connectivity index (χ3v) is 4.49. The quantitative estimate of drug-likeness (QED) is 0.785. The van der Waals surface area contributed by atoms with Crippen molar-refractivity contribution < 1.29 is 0 Å². The molecule has 0 N–H and O–H groups in total. The molecular formula is C19H24N4. The lowest BCUT2D eigenvalue weighted by atomic mass is 10.1. The Balaban J connectivity index is 1.60. The summed E-state index contributed by atoms with van der Waals surface area (Å²) in [6.45, 7) is 10.2. The Hall–Kier alpha value is -2.36. The number of hydrogen-bond donors (Lipinski definition) is 0. The first-order valence-electron chi connectivity index (χ1n) is 8.18. The van der Waals surface area contributed by atoms with Gasteiger partial charge >= 0.3 is 0 Å². The molecule has 2 aromatic rings. The second-order valence-electron chi connectivity index (χ2n) is 6.18. The van der Waals surface area contributed by atoms with Crippen molar-refractivity contribution in [2.45, 2.75) is 20.8 Å². The zero-order chi connectivity index (χ0) is 16.2. The predicted octanol–water partition coefficient (Wildman–Crippen LogP) is 4.43. The van der Waals surface area contributed by atoms with E-state index in [1.165, 1.54) is 22.4 Å². The number of rotatable bonds is 3. The Morgan fingerprint density at radius 1 is 0.826 bits per heavy atom. The van der Waals surface area contributed by atoms with Crippen LogP contribution in [0.4, 0.5) is 11.4 Å². The molecule has 0 bridgehead atoms. The van der Waals surface area contributed by atoms with Crippen LogP contribution in [0.3, 0.4) is 0 Å². The Labute approximate surface area is 138 Å². The van der Waals surface area contributed by atoms with E-state index in [1.54, 1.807) is 0 Å². The number of benzene rings is 2. The zero-order valence-corrected chi connectivity index (χ0v) is 14.2. The number of piperazine rings is 1. The van der Waals surface area contributed by atoms with Crippen molar-refractivity contribution in [3.8, 4) is 0 Å². The van der Waals surface area contributed by atoms with Crippen molar-refractivity contribution >= 4 is 11.4 Å². The van der Waals surface area contributed by atoms with Gasteiger partial charge in [-0.15, -0.1) is 5.11 Å². The molecule has 0 spiro atoms. The van der Waals surface area contributed by atoms with E-state index >= 15 is 0 Å². The predicted molar refractivity (Wildman–Crippen MR) is 95.4 cm³/mol. The molecule has 0 atom stereocenters. The van der Waals surface area contributed by atoms with Crippen LogP contribution in [0.1, 0.15) is 16.7 Å². The van der Waals surface area contributed by atoms with E-state index in [0.717, 1.165) is 31.9 Å². The SMILES string of the molecule is Cc1ccc(/N=N/N2CCN(c3cccc(C)c3C)CC2)cc1. The maximum Gasteiger partial charge on any atom is 0.0874 e. The van der Waals surface area contributed by atoms with Crippen LogP contribution in [0, 0.1) is 20.8 Å². The molecule has 0 aromatic heterocycles. The fourth-order valence-corrected chi connectivity index (χ4v) is 2.83. The highest BCUT2D eigenvalue weighted by molar-refractivity contribution is 5.56. The number of anilines is 1. The minimum atomic E-state index is 0.905. The summed E-state index contributed by atoms with van der Waals surface area (Å²) in [5.74, 6) is 0. The lowest BCUT2D eigenvalue weighted by Gasteiger charge is -2.35. The Morgan fingerprint density at radius 3 is 2.22 bits per heavy atom. The molecule has 0 saturated carbocycles. The molecule has 0 aliphatic carbocycles. The van der Waals surface area contributed by atoms with Crippen molar-refractivity contribution in [2.75, 3.05) is 31.1 Å². The monoisotopic (exact) mass is 308 g/mol. The maximum absolute atomic E-state index is 4.38. The molecule has 1 aliphatic heterocycles. The smallest absolute Gasteiger partial charge is 0.0874 e. The van der Waals surface area contributed by atoms with Crippen molar-refractivity contribution in [1.82, 2.24) is 5.01 Å². The average Bonchev–Trinajstić information content (AvgIpc) is 2.57. The normalized spacial score (nSPS) is 15.4. The van der Waals surface area contributed by atoms with E-state index in [2.05, 4.69) is 71.3 Å².